The number of piperidine rings is 1. The van der Waals surface area contributed by atoms with Crippen LogP contribution in [0.4, 0.5) is 19.1 Å². The van der Waals surface area contributed by atoms with E-state index < -0.39 is 11.7 Å². The Kier molecular flexibility index (Phi) is 5.60. The molecule has 0 N–H and O–H groups in total. The monoisotopic (exact) mass is 464 g/mol. The van der Waals surface area contributed by atoms with Gasteiger partial charge in [0, 0.05) is 24.7 Å². The molecule has 2 aliphatic rings. The Balaban J connectivity index is 1.30. The highest BCUT2D eigenvalue weighted by molar-refractivity contribution is 7.98. The van der Waals surface area contributed by atoms with Crippen LogP contribution in [-0.2, 0) is 11.9 Å². The van der Waals surface area contributed by atoms with Gasteiger partial charge in [-0.2, -0.15) is 18.2 Å². The van der Waals surface area contributed by atoms with E-state index in [1.165, 1.54) is 23.9 Å². The molecule has 7 nitrogen and oxygen atoms in total. The van der Waals surface area contributed by atoms with Crippen LogP contribution in [0.1, 0.15) is 50.1 Å². The first-order valence-corrected chi connectivity index (χ1v) is 11.7. The first kappa shape index (κ1) is 21.3. The van der Waals surface area contributed by atoms with Crippen molar-refractivity contribution in [3.05, 3.63) is 35.7 Å². The van der Waals surface area contributed by atoms with Crippen molar-refractivity contribution in [2.75, 3.05) is 18.0 Å². The molecule has 170 valence electrons. The highest BCUT2D eigenvalue weighted by Crippen LogP contribution is 2.42. The minimum Gasteiger partial charge on any atom is -0.341 e. The second kappa shape index (κ2) is 8.42. The number of hydrogen-bond acceptors (Lipinski definition) is 7. The normalized spacial score (nSPS) is 17.8. The molecule has 0 unspecified atom stereocenters. The lowest BCUT2D eigenvalue weighted by atomic mass is 10.00. The van der Waals surface area contributed by atoms with Crippen molar-refractivity contribution in [1.82, 2.24) is 24.9 Å². The fourth-order valence-electron chi connectivity index (χ4n) is 3.84. The third-order valence-corrected chi connectivity index (χ3v) is 6.79. The average Bonchev–Trinajstić information content (AvgIpc) is 3.34. The molecular formula is C21H23F3N6OS. The maximum absolute atomic E-state index is 13.0. The van der Waals surface area contributed by atoms with Crippen LogP contribution in [0.2, 0.25) is 0 Å². The standard InChI is InChI=1S/C21H23F3N6OS/c1-13-7-9-29(10-8-13)19-26-27-20(30(19)16-5-6-16)32-12-17-25-18(28-31-17)14-3-2-4-15(11-14)21(22,23)24/h2-4,11,13,16H,5-10,12H2,1H3. The molecule has 2 aromatic heterocycles. The Labute approximate surface area is 187 Å². The molecule has 1 saturated heterocycles. The molecule has 0 amide bonds. The lowest BCUT2D eigenvalue weighted by molar-refractivity contribution is -0.137. The summed E-state index contributed by atoms with van der Waals surface area (Å²) in [5, 5.41) is 13.5. The van der Waals surface area contributed by atoms with E-state index in [0.717, 1.165) is 67.9 Å². The van der Waals surface area contributed by atoms with E-state index in [1.54, 1.807) is 0 Å². The number of anilines is 1. The fourth-order valence-corrected chi connectivity index (χ4v) is 4.67. The molecule has 1 aromatic carbocycles. The van der Waals surface area contributed by atoms with Crippen LogP contribution in [-0.4, -0.2) is 38.0 Å². The van der Waals surface area contributed by atoms with Crippen molar-refractivity contribution in [1.29, 1.82) is 0 Å². The van der Waals surface area contributed by atoms with Crippen molar-refractivity contribution >= 4 is 17.7 Å². The highest BCUT2D eigenvalue weighted by atomic mass is 32.2. The molecule has 1 saturated carbocycles. The molecule has 11 heteroatoms. The maximum atomic E-state index is 13.0. The van der Waals surface area contributed by atoms with Gasteiger partial charge >= 0.3 is 6.18 Å². The van der Waals surface area contributed by atoms with Gasteiger partial charge in [0.15, 0.2) is 5.16 Å². The van der Waals surface area contributed by atoms with Crippen LogP contribution in [0.25, 0.3) is 11.4 Å². The van der Waals surface area contributed by atoms with Gasteiger partial charge in [0.2, 0.25) is 17.7 Å². The van der Waals surface area contributed by atoms with Crippen molar-refractivity contribution in [2.45, 2.75) is 55.7 Å². The van der Waals surface area contributed by atoms with Crippen LogP contribution in [0.3, 0.4) is 0 Å². The van der Waals surface area contributed by atoms with Crippen LogP contribution in [0, 0.1) is 5.92 Å². The molecule has 32 heavy (non-hydrogen) atoms. The smallest absolute Gasteiger partial charge is 0.341 e. The SMILES string of the molecule is CC1CCN(c2nnc(SCc3nc(-c4cccc(C(F)(F)F)c4)no3)n2C2CC2)CC1. The number of benzene rings is 1. The Morgan fingerprint density at radius 1 is 1.12 bits per heavy atom. The first-order chi connectivity index (χ1) is 15.4. The van der Waals surface area contributed by atoms with Crippen LogP contribution in [0.15, 0.2) is 33.9 Å². The van der Waals surface area contributed by atoms with Crippen LogP contribution < -0.4 is 4.90 Å². The number of thioether (sulfide) groups is 1. The summed E-state index contributed by atoms with van der Waals surface area (Å²) in [6, 6.07) is 5.34. The lowest BCUT2D eigenvalue weighted by Gasteiger charge is -2.31. The number of alkyl halides is 3. The predicted octanol–water partition coefficient (Wildman–Crippen LogP) is 5.21. The van der Waals surface area contributed by atoms with E-state index in [1.807, 2.05) is 0 Å². The van der Waals surface area contributed by atoms with E-state index >= 15 is 0 Å². The van der Waals surface area contributed by atoms with Crippen molar-refractivity contribution in [2.24, 2.45) is 5.92 Å². The zero-order valence-electron chi connectivity index (χ0n) is 17.5. The quantitative estimate of drug-likeness (QED) is 0.464. The Hall–Kier alpha value is -2.56. The van der Waals surface area contributed by atoms with Crippen LogP contribution >= 0.6 is 11.8 Å². The summed E-state index contributed by atoms with van der Waals surface area (Å²) in [7, 11) is 0. The zero-order chi connectivity index (χ0) is 22.3. The number of aromatic nitrogens is 5. The predicted molar refractivity (Wildman–Crippen MR) is 113 cm³/mol. The summed E-state index contributed by atoms with van der Waals surface area (Å²) in [5.74, 6) is 2.51. The minimum absolute atomic E-state index is 0.137. The molecule has 0 bridgehead atoms. The molecule has 1 aliphatic carbocycles. The van der Waals surface area contributed by atoms with Gasteiger partial charge in [-0.05, 0) is 43.7 Å². The molecule has 5 rings (SSSR count). The van der Waals surface area contributed by atoms with Gasteiger partial charge in [0.1, 0.15) is 0 Å². The summed E-state index contributed by atoms with van der Waals surface area (Å²) in [5.41, 5.74) is -0.476. The van der Waals surface area contributed by atoms with Gasteiger partial charge < -0.3 is 9.42 Å². The summed E-state index contributed by atoms with van der Waals surface area (Å²) in [6.07, 6.45) is 0.113. The van der Waals surface area contributed by atoms with Gasteiger partial charge in [-0.3, -0.25) is 4.57 Å². The maximum Gasteiger partial charge on any atom is 0.416 e. The van der Waals surface area contributed by atoms with Gasteiger partial charge in [0.05, 0.1) is 11.3 Å². The van der Waals surface area contributed by atoms with Gasteiger partial charge in [-0.15, -0.1) is 10.2 Å². The number of halogens is 3. The number of nitrogens with zero attached hydrogens (tertiary/aromatic N) is 6. The Bertz CT molecular complexity index is 1090. The van der Waals surface area contributed by atoms with Gasteiger partial charge in [0.25, 0.3) is 0 Å². The largest absolute Gasteiger partial charge is 0.416 e. The second-order valence-electron chi connectivity index (χ2n) is 8.43. The summed E-state index contributed by atoms with van der Waals surface area (Å²) in [6.45, 7) is 4.25. The summed E-state index contributed by atoms with van der Waals surface area (Å²) < 4.78 is 46.4. The number of rotatable bonds is 6. The first-order valence-electron chi connectivity index (χ1n) is 10.7. The van der Waals surface area contributed by atoms with E-state index in [9.17, 15) is 13.2 Å². The minimum atomic E-state index is -4.42. The van der Waals surface area contributed by atoms with E-state index in [-0.39, 0.29) is 11.4 Å². The van der Waals surface area contributed by atoms with E-state index in [2.05, 4.69) is 36.7 Å². The third-order valence-electron chi connectivity index (χ3n) is 5.87. The summed E-state index contributed by atoms with van der Waals surface area (Å²) >= 11 is 1.46. The van der Waals surface area contributed by atoms with Crippen molar-refractivity contribution < 1.29 is 17.7 Å². The van der Waals surface area contributed by atoms with Crippen molar-refractivity contribution in [3.63, 3.8) is 0 Å². The molecule has 2 fully saturated rings. The molecule has 0 atom stereocenters. The molecule has 3 heterocycles. The van der Waals surface area contributed by atoms with E-state index in [0.29, 0.717) is 17.7 Å². The molecule has 0 radical (unpaired) electrons. The molecule has 3 aromatic rings. The van der Waals surface area contributed by atoms with Gasteiger partial charge in [-0.1, -0.05) is 36.0 Å². The third kappa shape index (κ3) is 4.48. The van der Waals surface area contributed by atoms with Crippen molar-refractivity contribution in [3.8, 4) is 11.4 Å². The molecule has 1 aliphatic heterocycles. The van der Waals surface area contributed by atoms with Gasteiger partial charge in [-0.25, -0.2) is 0 Å². The zero-order valence-corrected chi connectivity index (χ0v) is 18.4. The topological polar surface area (TPSA) is 72.9 Å². The molecular weight excluding hydrogens is 441 g/mol. The van der Waals surface area contributed by atoms with E-state index in [4.69, 9.17) is 4.52 Å². The van der Waals surface area contributed by atoms with Crippen LogP contribution in [0.5, 0.6) is 0 Å². The second-order valence-corrected chi connectivity index (χ2v) is 9.37. The summed E-state index contributed by atoms with van der Waals surface area (Å²) in [4.78, 5) is 6.59. The highest BCUT2D eigenvalue weighted by Gasteiger charge is 2.33. The Morgan fingerprint density at radius 2 is 1.91 bits per heavy atom. The number of hydrogen-bond donors (Lipinski definition) is 0. The lowest BCUT2D eigenvalue weighted by Crippen LogP contribution is -2.34. The fraction of sp³-hybridized carbons (Fsp3) is 0.524. The molecule has 0 spiro atoms. The Morgan fingerprint density at radius 3 is 2.62 bits per heavy atom. The average molecular weight is 465 g/mol.